The van der Waals surface area contributed by atoms with E-state index in [2.05, 4.69) is 29.3 Å². The molecule has 2 nitrogen and oxygen atoms in total. The Hall–Kier alpha value is -0.340. The third-order valence-electron chi connectivity index (χ3n) is 5.89. The first-order chi connectivity index (χ1) is 9.81. The van der Waals surface area contributed by atoms with Gasteiger partial charge in [-0.3, -0.25) is 4.90 Å². The quantitative estimate of drug-likeness (QED) is 0.790. The van der Waals surface area contributed by atoms with Gasteiger partial charge in [0.2, 0.25) is 0 Å². The van der Waals surface area contributed by atoms with E-state index in [0.29, 0.717) is 5.54 Å². The number of nitrogens with one attached hydrogen (secondary N) is 1. The molecule has 2 fully saturated rings. The lowest BCUT2D eigenvalue weighted by molar-refractivity contribution is 0.0416. The molecule has 3 aliphatic rings. The molecule has 0 amide bonds. The second-order valence-corrected chi connectivity index (χ2v) is 7.36. The van der Waals surface area contributed by atoms with E-state index in [1.807, 2.05) is 0 Å². The molecule has 1 saturated carbocycles. The average Bonchev–Trinajstić information content (AvgIpc) is 2.49. The summed E-state index contributed by atoms with van der Waals surface area (Å²) in [5.41, 5.74) is 0.467. The van der Waals surface area contributed by atoms with E-state index in [1.54, 1.807) is 0 Å². The average molecular weight is 276 g/mol. The number of rotatable bonds is 3. The molecule has 0 bridgehead atoms. The first-order valence-electron chi connectivity index (χ1n) is 8.95. The minimum Gasteiger partial charge on any atom is -0.308 e. The summed E-state index contributed by atoms with van der Waals surface area (Å²) in [5, 5.41) is 3.95. The smallest absolute Gasteiger partial charge is 0.0309 e. The molecule has 0 aromatic heterocycles. The summed E-state index contributed by atoms with van der Waals surface area (Å²) in [6.07, 6.45) is 17.2. The van der Waals surface area contributed by atoms with E-state index in [0.717, 1.165) is 12.0 Å². The SMILES string of the molecule is CCC1CNC2(CCCCC2)CN1CC1CC=CCC1. The van der Waals surface area contributed by atoms with Crippen LogP contribution in [0.5, 0.6) is 0 Å². The predicted molar refractivity (Wildman–Crippen MR) is 86.0 cm³/mol. The Bertz CT molecular complexity index is 330. The highest BCUT2D eigenvalue weighted by molar-refractivity contribution is 5.00. The van der Waals surface area contributed by atoms with Crippen LogP contribution in [-0.2, 0) is 0 Å². The first-order valence-corrected chi connectivity index (χ1v) is 8.95. The molecule has 1 N–H and O–H groups in total. The summed E-state index contributed by atoms with van der Waals surface area (Å²) in [6.45, 7) is 6.23. The van der Waals surface area contributed by atoms with Gasteiger partial charge in [0.05, 0.1) is 0 Å². The molecule has 2 heteroatoms. The molecule has 1 spiro atoms. The minimum atomic E-state index is 0.467. The van der Waals surface area contributed by atoms with Gasteiger partial charge in [0.1, 0.15) is 0 Å². The van der Waals surface area contributed by atoms with Crippen molar-refractivity contribution >= 4 is 0 Å². The van der Waals surface area contributed by atoms with Crippen LogP contribution in [0.25, 0.3) is 0 Å². The topological polar surface area (TPSA) is 15.3 Å². The van der Waals surface area contributed by atoms with Gasteiger partial charge in [-0.1, -0.05) is 38.3 Å². The fraction of sp³-hybridized carbons (Fsp3) is 0.889. The number of hydrogen-bond acceptors (Lipinski definition) is 2. The molecule has 0 aromatic carbocycles. The third kappa shape index (κ3) is 3.28. The zero-order valence-corrected chi connectivity index (χ0v) is 13.2. The van der Waals surface area contributed by atoms with Crippen LogP contribution in [0.2, 0.25) is 0 Å². The summed E-state index contributed by atoms with van der Waals surface area (Å²) in [7, 11) is 0. The van der Waals surface area contributed by atoms with Crippen LogP contribution in [0.3, 0.4) is 0 Å². The second-order valence-electron chi connectivity index (χ2n) is 7.36. The van der Waals surface area contributed by atoms with Gasteiger partial charge in [-0.2, -0.15) is 0 Å². The summed E-state index contributed by atoms with van der Waals surface area (Å²) in [4.78, 5) is 2.85. The second kappa shape index (κ2) is 6.62. The van der Waals surface area contributed by atoms with Gasteiger partial charge in [0.15, 0.2) is 0 Å². The van der Waals surface area contributed by atoms with Crippen molar-refractivity contribution in [1.82, 2.24) is 10.2 Å². The summed E-state index contributed by atoms with van der Waals surface area (Å²) < 4.78 is 0. The van der Waals surface area contributed by atoms with Gasteiger partial charge in [0.25, 0.3) is 0 Å². The molecule has 1 saturated heterocycles. The highest BCUT2D eigenvalue weighted by Gasteiger charge is 2.39. The van der Waals surface area contributed by atoms with Crippen molar-refractivity contribution in [2.45, 2.75) is 76.3 Å². The van der Waals surface area contributed by atoms with Gasteiger partial charge < -0.3 is 5.32 Å². The molecule has 0 radical (unpaired) electrons. The lowest BCUT2D eigenvalue weighted by atomic mass is 9.78. The van der Waals surface area contributed by atoms with Crippen LogP contribution < -0.4 is 5.32 Å². The summed E-state index contributed by atoms with van der Waals surface area (Å²) in [5.74, 6) is 0.910. The molecule has 2 atom stereocenters. The van der Waals surface area contributed by atoms with E-state index in [1.165, 1.54) is 77.4 Å². The molecule has 20 heavy (non-hydrogen) atoms. The van der Waals surface area contributed by atoms with Crippen LogP contribution in [0.4, 0.5) is 0 Å². The van der Waals surface area contributed by atoms with E-state index in [9.17, 15) is 0 Å². The Labute approximate surface area is 125 Å². The lowest BCUT2D eigenvalue weighted by Gasteiger charge is -2.50. The third-order valence-corrected chi connectivity index (χ3v) is 5.89. The van der Waals surface area contributed by atoms with Gasteiger partial charge >= 0.3 is 0 Å². The van der Waals surface area contributed by atoms with Crippen LogP contribution in [0.1, 0.15) is 64.7 Å². The van der Waals surface area contributed by atoms with Crippen LogP contribution in [0.15, 0.2) is 12.2 Å². The maximum absolute atomic E-state index is 3.95. The Morgan fingerprint density at radius 1 is 1.20 bits per heavy atom. The molecule has 1 heterocycles. The first kappa shape index (κ1) is 14.6. The largest absolute Gasteiger partial charge is 0.308 e. The molecule has 114 valence electrons. The van der Waals surface area contributed by atoms with Crippen LogP contribution in [0, 0.1) is 5.92 Å². The van der Waals surface area contributed by atoms with Gasteiger partial charge in [-0.05, 0) is 44.4 Å². The van der Waals surface area contributed by atoms with E-state index in [4.69, 9.17) is 0 Å². The number of allylic oxidation sites excluding steroid dienone is 2. The normalized spacial score (nSPS) is 34.5. The molecular weight excluding hydrogens is 244 g/mol. The highest BCUT2D eigenvalue weighted by Crippen LogP contribution is 2.33. The number of piperazine rings is 1. The minimum absolute atomic E-state index is 0.467. The number of hydrogen-bond donors (Lipinski definition) is 1. The molecule has 2 aliphatic carbocycles. The Balaban J connectivity index is 1.63. The summed E-state index contributed by atoms with van der Waals surface area (Å²) >= 11 is 0. The van der Waals surface area contributed by atoms with Gasteiger partial charge in [-0.25, -0.2) is 0 Å². The molecule has 0 aromatic rings. The van der Waals surface area contributed by atoms with Crippen LogP contribution in [-0.4, -0.2) is 36.1 Å². The monoisotopic (exact) mass is 276 g/mol. The van der Waals surface area contributed by atoms with E-state index < -0.39 is 0 Å². The summed E-state index contributed by atoms with van der Waals surface area (Å²) in [6, 6.07) is 0.772. The molecule has 2 unspecified atom stereocenters. The van der Waals surface area contributed by atoms with E-state index >= 15 is 0 Å². The standard InChI is InChI=1S/C18H32N2/c1-2-17-13-19-18(11-7-4-8-12-18)15-20(17)14-16-9-5-3-6-10-16/h3,5,16-17,19H,2,4,6-15H2,1H3. The maximum Gasteiger partial charge on any atom is 0.0309 e. The molecular formula is C18H32N2. The van der Waals surface area contributed by atoms with Crippen molar-refractivity contribution in [3.8, 4) is 0 Å². The van der Waals surface area contributed by atoms with Crippen molar-refractivity contribution < 1.29 is 0 Å². The fourth-order valence-electron chi connectivity index (χ4n) is 4.57. The Kier molecular flexibility index (Phi) is 4.83. The van der Waals surface area contributed by atoms with Crippen LogP contribution >= 0.6 is 0 Å². The maximum atomic E-state index is 3.95. The van der Waals surface area contributed by atoms with Crippen molar-refractivity contribution in [1.29, 1.82) is 0 Å². The molecule has 1 aliphatic heterocycles. The fourth-order valence-corrected chi connectivity index (χ4v) is 4.57. The molecule has 3 rings (SSSR count). The lowest BCUT2D eigenvalue weighted by Crippen LogP contribution is -2.65. The Morgan fingerprint density at radius 3 is 2.75 bits per heavy atom. The zero-order valence-electron chi connectivity index (χ0n) is 13.2. The van der Waals surface area contributed by atoms with Gasteiger partial charge in [0, 0.05) is 31.2 Å². The van der Waals surface area contributed by atoms with Gasteiger partial charge in [-0.15, -0.1) is 0 Å². The van der Waals surface area contributed by atoms with Crippen molar-refractivity contribution in [2.75, 3.05) is 19.6 Å². The van der Waals surface area contributed by atoms with Crippen molar-refractivity contribution in [2.24, 2.45) is 5.92 Å². The Morgan fingerprint density at radius 2 is 2.05 bits per heavy atom. The van der Waals surface area contributed by atoms with E-state index in [-0.39, 0.29) is 0 Å². The zero-order chi connectivity index (χ0) is 13.8. The van der Waals surface area contributed by atoms with Crippen molar-refractivity contribution in [3.05, 3.63) is 12.2 Å². The number of nitrogens with zero attached hydrogens (tertiary/aromatic N) is 1. The van der Waals surface area contributed by atoms with Crippen molar-refractivity contribution in [3.63, 3.8) is 0 Å². The highest BCUT2D eigenvalue weighted by atomic mass is 15.3. The predicted octanol–water partition coefficient (Wildman–Crippen LogP) is 3.73.